The van der Waals surface area contributed by atoms with Crippen LogP contribution in [0.15, 0.2) is 0 Å². The first kappa shape index (κ1) is 10.8. The summed E-state index contributed by atoms with van der Waals surface area (Å²) in [6.45, 7) is 1.95. The van der Waals surface area contributed by atoms with Gasteiger partial charge in [-0.15, -0.1) is 0 Å². The van der Waals surface area contributed by atoms with E-state index in [1.165, 1.54) is 38.5 Å². The topological polar surface area (TPSA) is 35.2 Å². The molecule has 82 valence electrons. The van der Waals surface area contributed by atoms with Crippen molar-refractivity contribution in [2.75, 3.05) is 13.2 Å². The molecule has 14 heavy (non-hydrogen) atoms. The Balaban J connectivity index is 1.68. The minimum absolute atomic E-state index is 0.488. The van der Waals surface area contributed by atoms with E-state index in [-0.39, 0.29) is 0 Å². The summed E-state index contributed by atoms with van der Waals surface area (Å²) in [6, 6.07) is 0.488. The van der Waals surface area contributed by atoms with Crippen molar-refractivity contribution in [2.45, 2.75) is 55.1 Å². The summed E-state index contributed by atoms with van der Waals surface area (Å²) in [5, 5.41) is 1.75. The molecular weight excluding hydrogens is 194 g/mol. The maximum Gasteiger partial charge on any atom is 0.0476 e. The quantitative estimate of drug-likeness (QED) is 0.767. The third-order valence-corrected chi connectivity index (χ3v) is 4.98. The summed E-state index contributed by atoms with van der Waals surface area (Å²) < 4.78 is 5.37. The van der Waals surface area contributed by atoms with Crippen LogP contribution in [0.3, 0.4) is 0 Å². The van der Waals surface area contributed by atoms with E-state index < -0.39 is 0 Å². The van der Waals surface area contributed by atoms with Crippen molar-refractivity contribution < 1.29 is 4.74 Å². The number of nitrogens with two attached hydrogens (primary N) is 1. The molecular formula is C11H21NOS. The second-order valence-corrected chi connectivity index (χ2v) is 6.09. The van der Waals surface area contributed by atoms with E-state index in [0.717, 1.165) is 23.7 Å². The van der Waals surface area contributed by atoms with Crippen LogP contribution in [0.5, 0.6) is 0 Å². The van der Waals surface area contributed by atoms with E-state index in [1.54, 1.807) is 0 Å². The van der Waals surface area contributed by atoms with Gasteiger partial charge in [-0.1, -0.05) is 0 Å². The second-order valence-electron chi connectivity index (χ2n) is 4.48. The van der Waals surface area contributed by atoms with Crippen LogP contribution in [0.25, 0.3) is 0 Å². The molecule has 0 aromatic carbocycles. The van der Waals surface area contributed by atoms with Gasteiger partial charge < -0.3 is 10.5 Å². The molecule has 1 saturated heterocycles. The van der Waals surface area contributed by atoms with E-state index in [2.05, 4.69) is 11.8 Å². The van der Waals surface area contributed by atoms with Gasteiger partial charge in [-0.25, -0.2) is 0 Å². The van der Waals surface area contributed by atoms with Gasteiger partial charge in [-0.3, -0.25) is 0 Å². The van der Waals surface area contributed by atoms with Gasteiger partial charge >= 0.3 is 0 Å². The Kier molecular flexibility index (Phi) is 4.14. The molecule has 2 rings (SSSR count). The number of hydrogen-bond donors (Lipinski definition) is 1. The Hall–Kier alpha value is 0.270. The van der Waals surface area contributed by atoms with Crippen molar-refractivity contribution >= 4 is 11.8 Å². The van der Waals surface area contributed by atoms with Crippen molar-refractivity contribution in [1.29, 1.82) is 0 Å². The number of ether oxygens (including phenoxy) is 1. The molecule has 2 fully saturated rings. The molecule has 1 saturated carbocycles. The predicted molar refractivity (Wildman–Crippen MR) is 61.7 cm³/mol. The lowest BCUT2D eigenvalue weighted by molar-refractivity contribution is 0.0999. The first-order valence-corrected chi connectivity index (χ1v) is 6.77. The average molecular weight is 215 g/mol. The van der Waals surface area contributed by atoms with Gasteiger partial charge in [0.05, 0.1) is 0 Å². The van der Waals surface area contributed by atoms with E-state index in [4.69, 9.17) is 10.5 Å². The molecule has 0 spiro atoms. The predicted octanol–water partition coefficient (Wildman–Crippen LogP) is 2.17. The van der Waals surface area contributed by atoms with Crippen LogP contribution in [0, 0.1) is 0 Å². The van der Waals surface area contributed by atoms with E-state index >= 15 is 0 Å². The van der Waals surface area contributed by atoms with Gasteiger partial charge in [0.15, 0.2) is 0 Å². The van der Waals surface area contributed by atoms with Crippen LogP contribution in [-0.4, -0.2) is 29.8 Å². The molecule has 1 aliphatic carbocycles. The molecule has 1 heterocycles. The highest BCUT2D eigenvalue weighted by molar-refractivity contribution is 8.00. The SMILES string of the molecule is NC1CCC(SC2CCOCC2)CC1. The van der Waals surface area contributed by atoms with Crippen molar-refractivity contribution in [3.05, 3.63) is 0 Å². The summed E-state index contributed by atoms with van der Waals surface area (Å²) in [4.78, 5) is 0. The zero-order chi connectivity index (χ0) is 9.80. The van der Waals surface area contributed by atoms with Crippen molar-refractivity contribution in [2.24, 2.45) is 5.73 Å². The molecule has 0 aromatic heterocycles. The van der Waals surface area contributed by atoms with Crippen LogP contribution >= 0.6 is 11.8 Å². The van der Waals surface area contributed by atoms with Crippen LogP contribution in [-0.2, 0) is 4.74 Å². The Labute approximate surface area is 91.0 Å². The third-order valence-electron chi connectivity index (χ3n) is 3.27. The highest BCUT2D eigenvalue weighted by Gasteiger charge is 2.23. The van der Waals surface area contributed by atoms with E-state index in [9.17, 15) is 0 Å². The molecule has 0 amide bonds. The summed E-state index contributed by atoms with van der Waals surface area (Å²) in [5.41, 5.74) is 5.90. The summed E-state index contributed by atoms with van der Waals surface area (Å²) >= 11 is 2.21. The van der Waals surface area contributed by atoms with Gasteiger partial charge in [0.2, 0.25) is 0 Å². The summed E-state index contributed by atoms with van der Waals surface area (Å²) in [5.74, 6) is 0. The van der Waals surface area contributed by atoms with Crippen molar-refractivity contribution in [3.8, 4) is 0 Å². The number of thioether (sulfide) groups is 1. The smallest absolute Gasteiger partial charge is 0.0476 e. The van der Waals surface area contributed by atoms with E-state index in [0.29, 0.717) is 6.04 Å². The zero-order valence-electron chi connectivity index (χ0n) is 8.78. The van der Waals surface area contributed by atoms with Gasteiger partial charge in [0.1, 0.15) is 0 Å². The summed E-state index contributed by atoms with van der Waals surface area (Å²) in [7, 11) is 0. The molecule has 0 atom stereocenters. The molecule has 0 unspecified atom stereocenters. The van der Waals surface area contributed by atoms with Crippen molar-refractivity contribution in [3.63, 3.8) is 0 Å². The third kappa shape index (κ3) is 3.14. The van der Waals surface area contributed by atoms with E-state index in [1.807, 2.05) is 0 Å². The number of hydrogen-bond acceptors (Lipinski definition) is 3. The molecule has 0 radical (unpaired) electrons. The average Bonchev–Trinajstić information content (AvgIpc) is 2.23. The molecule has 0 aromatic rings. The fourth-order valence-electron chi connectivity index (χ4n) is 2.31. The Bertz CT molecular complexity index is 163. The number of rotatable bonds is 2. The Morgan fingerprint density at radius 2 is 1.43 bits per heavy atom. The minimum atomic E-state index is 0.488. The monoisotopic (exact) mass is 215 g/mol. The molecule has 2 aliphatic rings. The Morgan fingerprint density at radius 1 is 0.857 bits per heavy atom. The highest BCUT2D eigenvalue weighted by Crippen LogP contribution is 2.34. The lowest BCUT2D eigenvalue weighted by atomic mass is 9.96. The van der Waals surface area contributed by atoms with Gasteiger partial charge in [0.25, 0.3) is 0 Å². The minimum Gasteiger partial charge on any atom is -0.381 e. The summed E-state index contributed by atoms with van der Waals surface area (Å²) in [6.07, 6.45) is 7.66. The largest absolute Gasteiger partial charge is 0.381 e. The maximum atomic E-state index is 5.90. The van der Waals surface area contributed by atoms with Gasteiger partial charge in [-0.05, 0) is 38.5 Å². The molecule has 1 aliphatic heterocycles. The molecule has 3 heteroatoms. The molecule has 0 bridgehead atoms. The molecule has 2 N–H and O–H groups in total. The fourth-order valence-corrected chi connectivity index (χ4v) is 3.86. The lowest BCUT2D eigenvalue weighted by Gasteiger charge is -2.30. The van der Waals surface area contributed by atoms with Gasteiger partial charge in [-0.2, -0.15) is 11.8 Å². The van der Waals surface area contributed by atoms with Crippen molar-refractivity contribution in [1.82, 2.24) is 0 Å². The Morgan fingerprint density at radius 3 is 2.07 bits per heavy atom. The first-order chi connectivity index (χ1) is 6.84. The lowest BCUT2D eigenvalue weighted by Crippen LogP contribution is -2.29. The van der Waals surface area contributed by atoms with Crippen LogP contribution < -0.4 is 5.73 Å². The van der Waals surface area contributed by atoms with Crippen LogP contribution in [0.4, 0.5) is 0 Å². The first-order valence-electron chi connectivity index (χ1n) is 5.83. The maximum absolute atomic E-state index is 5.90. The normalized spacial score (nSPS) is 35.8. The molecule has 2 nitrogen and oxygen atoms in total. The second kappa shape index (κ2) is 5.38. The highest BCUT2D eigenvalue weighted by atomic mass is 32.2. The van der Waals surface area contributed by atoms with Crippen LogP contribution in [0.1, 0.15) is 38.5 Å². The van der Waals surface area contributed by atoms with Crippen LogP contribution in [0.2, 0.25) is 0 Å². The standard InChI is InChI=1S/C11H21NOS/c12-9-1-3-10(4-2-9)14-11-5-7-13-8-6-11/h9-11H,1-8,12H2. The fraction of sp³-hybridized carbons (Fsp3) is 1.00. The van der Waals surface area contributed by atoms with Gasteiger partial charge in [0, 0.05) is 29.8 Å². The zero-order valence-corrected chi connectivity index (χ0v) is 9.60.